The van der Waals surface area contributed by atoms with Crippen LogP contribution in [0, 0.1) is 17.8 Å². The third-order valence-electron chi connectivity index (χ3n) is 5.46. The van der Waals surface area contributed by atoms with Gasteiger partial charge in [-0.15, -0.1) is 12.4 Å². The largest absolute Gasteiger partial charge is 0.493 e. The molecule has 3 aliphatic rings. The number of amides is 1. The molecule has 5 heteroatoms. The summed E-state index contributed by atoms with van der Waals surface area (Å²) in [5.74, 6) is 2.10. The molecule has 0 aromatic heterocycles. The van der Waals surface area contributed by atoms with Gasteiger partial charge in [-0.25, -0.2) is 0 Å². The number of nitrogens with two attached hydrogens (primary N) is 1. The molecule has 4 atom stereocenters. The topological polar surface area (TPSA) is 64.4 Å². The Labute approximate surface area is 137 Å². The molecule has 120 valence electrons. The van der Waals surface area contributed by atoms with Crippen molar-refractivity contribution in [3.8, 4) is 5.75 Å². The van der Waals surface area contributed by atoms with E-state index in [0.29, 0.717) is 11.8 Å². The minimum absolute atomic E-state index is 0. The molecule has 1 aromatic carbocycles. The number of hydrogen-bond donors (Lipinski definition) is 2. The van der Waals surface area contributed by atoms with Crippen LogP contribution in [0.5, 0.6) is 5.75 Å². The van der Waals surface area contributed by atoms with Gasteiger partial charge in [-0.2, -0.15) is 0 Å². The zero-order chi connectivity index (χ0) is 14.4. The minimum Gasteiger partial charge on any atom is -0.493 e. The zero-order valence-electron chi connectivity index (χ0n) is 12.6. The molecule has 1 aliphatic heterocycles. The van der Waals surface area contributed by atoms with Crippen LogP contribution in [-0.2, 0) is 11.2 Å². The lowest BCUT2D eigenvalue weighted by molar-refractivity contribution is -0.121. The van der Waals surface area contributed by atoms with Crippen molar-refractivity contribution in [3.63, 3.8) is 0 Å². The molecule has 2 saturated carbocycles. The summed E-state index contributed by atoms with van der Waals surface area (Å²) in [6, 6.07) is 5.99. The highest BCUT2D eigenvalue weighted by molar-refractivity contribution is 5.93. The number of carbonyl (C=O) groups excluding carboxylic acids is 1. The van der Waals surface area contributed by atoms with Crippen molar-refractivity contribution in [2.75, 3.05) is 11.9 Å². The average Bonchev–Trinajstić information content (AvgIpc) is 3.08. The second-order valence-corrected chi connectivity index (χ2v) is 6.70. The number of hydrogen-bond acceptors (Lipinski definition) is 3. The SMILES string of the molecule is Cl.NC1C2CCC(C2)C1C(=O)Nc1ccc2c(c1)CCCO2. The standard InChI is InChI=1S/C17H22N2O2.ClH/c18-16-12-4-3-11(8-12)15(16)17(20)19-13-5-6-14-10(9-13)2-1-7-21-14;/h5-6,9,11-12,15-16H,1-4,7-8,18H2,(H,19,20);1H. The van der Waals surface area contributed by atoms with Crippen molar-refractivity contribution in [3.05, 3.63) is 23.8 Å². The smallest absolute Gasteiger partial charge is 0.229 e. The summed E-state index contributed by atoms with van der Waals surface area (Å²) in [6.07, 6.45) is 5.56. The fourth-order valence-corrected chi connectivity index (χ4v) is 4.39. The second kappa shape index (κ2) is 6.09. The fraction of sp³-hybridized carbons (Fsp3) is 0.588. The Morgan fingerprint density at radius 1 is 1.27 bits per heavy atom. The molecule has 2 fully saturated rings. The number of anilines is 1. The summed E-state index contributed by atoms with van der Waals surface area (Å²) in [5.41, 5.74) is 8.31. The Morgan fingerprint density at radius 2 is 2.09 bits per heavy atom. The maximum Gasteiger partial charge on any atom is 0.229 e. The van der Waals surface area contributed by atoms with Crippen LogP contribution in [-0.4, -0.2) is 18.6 Å². The van der Waals surface area contributed by atoms with Crippen molar-refractivity contribution in [2.45, 2.75) is 38.1 Å². The van der Waals surface area contributed by atoms with Gasteiger partial charge in [0.15, 0.2) is 0 Å². The predicted octanol–water partition coefficient (Wildman–Crippen LogP) is 2.75. The number of aryl methyl sites for hydroxylation is 1. The number of rotatable bonds is 2. The predicted molar refractivity (Wildman–Crippen MR) is 88.4 cm³/mol. The van der Waals surface area contributed by atoms with E-state index in [-0.39, 0.29) is 30.3 Å². The summed E-state index contributed by atoms with van der Waals surface area (Å²) in [6.45, 7) is 0.790. The molecular formula is C17H23ClN2O2. The van der Waals surface area contributed by atoms with Crippen molar-refractivity contribution < 1.29 is 9.53 Å². The summed E-state index contributed by atoms with van der Waals surface area (Å²) in [7, 11) is 0. The average molecular weight is 323 g/mol. The van der Waals surface area contributed by atoms with Crippen molar-refractivity contribution >= 4 is 24.0 Å². The van der Waals surface area contributed by atoms with Crippen molar-refractivity contribution in [1.29, 1.82) is 0 Å². The molecule has 0 radical (unpaired) electrons. The Hall–Kier alpha value is -1.26. The van der Waals surface area contributed by atoms with E-state index in [1.165, 1.54) is 12.0 Å². The van der Waals surface area contributed by atoms with E-state index in [1.807, 2.05) is 18.2 Å². The molecule has 4 rings (SSSR count). The van der Waals surface area contributed by atoms with Gasteiger partial charge in [0.1, 0.15) is 5.75 Å². The van der Waals surface area contributed by atoms with Crippen LogP contribution in [0.15, 0.2) is 18.2 Å². The van der Waals surface area contributed by atoms with E-state index in [9.17, 15) is 4.79 Å². The Kier molecular flexibility index (Phi) is 4.33. The molecule has 2 aliphatic carbocycles. The first-order chi connectivity index (χ1) is 10.2. The van der Waals surface area contributed by atoms with Gasteiger partial charge in [-0.3, -0.25) is 4.79 Å². The van der Waals surface area contributed by atoms with E-state index in [2.05, 4.69) is 5.32 Å². The second-order valence-electron chi connectivity index (χ2n) is 6.70. The summed E-state index contributed by atoms with van der Waals surface area (Å²) >= 11 is 0. The highest BCUT2D eigenvalue weighted by Crippen LogP contribution is 2.48. The normalized spacial score (nSPS) is 31.9. The van der Waals surface area contributed by atoms with Crippen molar-refractivity contribution in [1.82, 2.24) is 0 Å². The number of benzene rings is 1. The van der Waals surface area contributed by atoms with Gasteiger partial charge in [0.2, 0.25) is 5.91 Å². The molecule has 0 spiro atoms. The van der Waals surface area contributed by atoms with Gasteiger partial charge in [-0.1, -0.05) is 0 Å². The molecule has 4 unspecified atom stereocenters. The molecule has 4 nitrogen and oxygen atoms in total. The summed E-state index contributed by atoms with van der Waals surface area (Å²) in [4.78, 5) is 12.6. The molecule has 22 heavy (non-hydrogen) atoms. The van der Waals surface area contributed by atoms with Crippen LogP contribution in [0.1, 0.15) is 31.2 Å². The lowest BCUT2D eigenvalue weighted by Crippen LogP contribution is -2.42. The van der Waals surface area contributed by atoms with Crippen LogP contribution in [0.4, 0.5) is 5.69 Å². The third-order valence-corrected chi connectivity index (χ3v) is 5.46. The highest BCUT2D eigenvalue weighted by Gasteiger charge is 2.49. The maximum absolute atomic E-state index is 12.6. The highest BCUT2D eigenvalue weighted by atomic mass is 35.5. The third kappa shape index (κ3) is 2.59. The lowest BCUT2D eigenvalue weighted by atomic mass is 9.84. The van der Waals surface area contributed by atoms with E-state index in [1.54, 1.807) is 0 Å². The van der Waals surface area contributed by atoms with Crippen molar-refractivity contribution in [2.24, 2.45) is 23.5 Å². The number of ether oxygens (including phenoxy) is 1. The molecular weight excluding hydrogens is 300 g/mol. The van der Waals surface area contributed by atoms with Gasteiger partial charge < -0.3 is 15.8 Å². The summed E-state index contributed by atoms with van der Waals surface area (Å²) < 4.78 is 5.61. The molecule has 0 saturated heterocycles. The molecule has 3 N–H and O–H groups in total. The van der Waals surface area contributed by atoms with Gasteiger partial charge >= 0.3 is 0 Å². The minimum atomic E-state index is -0.00367. The van der Waals surface area contributed by atoms with Gasteiger partial charge in [0.05, 0.1) is 12.5 Å². The van der Waals surface area contributed by atoms with Crippen LogP contribution in [0.25, 0.3) is 0 Å². The number of fused-ring (bicyclic) bond motifs is 3. The molecule has 1 amide bonds. The Balaban J connectivity index is 0.00000144. The lowest BCUT2D eigenvalue weighted by Gasteiger charge is -2.27. The Bertz CT molecular complexity index is 576. The monoisotopic (exact) mass is 322 g/mol. The number of nitrogens with one attached hydrogen (secondary N) is 1. The summed E-state index contributed by atoms with van der Waals surface area (Å²) in [5, 5.41) is 3.07. The zero-order valence-corrected chi connectivity index (χ0v) is 13.4. The first-order valence-electron chi connectivity index (χ1n) is 8.04. The number of carbonyl (C=O) groups is 1. The number of halogens is 1. The van der Waals surface area contributed by atoms with Crippen LogP contribution in [0.2, 0.25) is 0 Å². The Morgan fingerprint density at radius 3 is 2.86 bits per heavy atom. The van der Waals surface area contributed by atoms with E-state index in [0.717, 1.165) is 43.7 Å². The fourth-order valence-electron chi connectivity index (χ4n) is 4.39. The van der Waals surface area contributed by atoms with E-state index in [4.69, 9.17) is 10.5 Å². The quantitative estimate of drug-likeness (QED) is 0.880. The van der Waals surface area contributed by atoms with Gasteiger partial charge in [0, 0.05) is 11.7 Å². The van der Waals surface area contributed by atoms with Crippen LogP contribution >= 0.6 is 12.4 Å². The first kappa shape index (κ1) is 15.6. The maximum atomic E-state index is 12.6. The van der Waals surface area contributed by atoms with Gasteiger partial charge in [-0.05, 0) is 67.7 Å². The van der Waals surface area contributed by atoms with Crippen LogP contribution < -0.4 is 15.8 Å². The van der Waals surface area contributed by atoms with Crippen LogP contribution in [0.3, 0.4) is 0 Å². The van der Waals surface area contributed by atoms with E-state index >= 15 is 0 Å². The molecule has 1 heterocycles. The van der Waals surface area contributed by atoms with Gasteiger partial charge in [0.25, 0.3) is 0 Å². The molecule has 1 aromatic rings. The first-order valence-corrected chi connectivity index (χ1v) is 8.04. The van der Waals surface area contributed by atoms with E-state index < -0.39 is 0 Å². The molecule has 2 bridgehead atoms.